The predicted octanol–water partition coefficient (Wildman–Crippen LogP) is 7.75. The number of unbranched alkanes of at least 4 members (excludes halogenated alkanes) is 12. The SMILES string of the molecule is CCCCCCCCCCCCCCCOC(=O)C(C)c1cc(C)c(O)c(C)c1. The number of esters is 1. The van der Waals surface area contributed by atoms with Gasteiger partial charge in [0, 0.05) is 0 Å². The lowest BCUT2D eigenvalue weighted by atomic mass is 9.96. The molecule has 0 aliphatic heterocycles. The Hall–Kier alpha value is -1.51. The second-order valence-corrected chi connectivity index (χ2v) is 8.64. The zero-order chi connectivity index (χ0) is 21.5. The Labute approximate surface area is 179 Å². The maximum Gasteiger partial charge on any atom is 0.313 e. The molecule has 1 atom stereocenters. The quantitative estimate of drug-likeness (QED) is 0.226. The van der Waals surface area contributed by atoms with Crippen LogP contribution in [0, 0.1) is 13.8 Å². The molecule has 3 nitrogen and oxygen atoms in total. The molecule has 0 aliphatic carbocycles. The van der Waals surface area contributed by atoms with Crippen molar-refractivity contribution in [2.45, 2.75) is 117 Å². The number of carbonyl (C=O) groups excluding carboxylic acids is 1. The fourth-order valence-corrected chi connectivity index (χ4v) is 3.79. The summed E-state index contributed by atoms with van der Waals surface area (Å²) in [5, 5.41) is 9.88. The van der Waals surface area contributed by atoms with Gasteiger partial charge in [0.05, 0.1) is 12.5 Å². The molecule has 29 heavy (non-hydrogen) atoms. The van der Waals surface area contributed by atoms with Gasteiger partial charge in [-0.25, -0.2) is 0 Å². The van der Waals surface area contributed by atoms with Crippen molar-refractivity contribution in [2.24, 2.45) is 0 Å². The summed E-state index contributed by atoms with van der Waals surface area (Å²) in [4.78, 5) is 12.3. The van der Waals surface area contributed by atoms with E-state index < -0.39 is 0 Å². The van der Waals surface area contributed by atoms with E-state index in [4.69, 9.17) is 4.74 Å². The van der Waals surface area contributed by atoms with E-state index in [2.05, 4.69) is 6.92 Å². The summed E-state index contributed by atoms with van der Waals surface area (Å²) in [6.45, 7) is 8.37. The van der Waals surface area contributed by atoms with E-state index in [0.29, 0.717) is 12.4 Å². The van der Waals surface area contributed by atoms with Crippen molar-refractivity contribution in [3.63, 3.8) is 0 Å². The van der Waals surface area contributed by atoms with Crippen LogP contribution in [0.3, 0.4) is 0 Å². The van der Waals surface area contributed by atoms with Crippen LogP contribution in [-0.4, -0.2) is 17.7 Å². The fourth-order valence-electron chi connectivity index (χ4n) is 3.79. The number of hydrogen-bond acceptors (Lipinski definition) is 3. The monoisotopic (exact) mass is 404 g/mol. The summed E-state index contributed by atoms with van der Waals surface area (Å²) in [5.74, 6) is -0.162. The molecule has 0 aromatic heterocycles. The Morgan fingerprint density at radius 1 is 0.828 bits per heavy atom. The number of benzene rings is 1. The van der Waals surface area contributed by atoms with Crippen molar-refractivity contribution in [3.05, 3.63) is 28.8 Å². The molecule has 0 radical (unpaired) electrons. The van der Waals surface area contributed by atoms with Gasteiger partial charge in [0.25, 0.3) is 0 Å². The Morgan fingerprint density at radius 2 is 1.24 bits per heavy atom. The highest BCUT2D eigenvalue weighted by atomic mass is 16.5. The van der Waals surface area contributed by atoms with Crippen LogP contribution in [0.1, 0.15) is 120 Å². The number of ether oxygens (including phenoxy) is 1. The van der Waals surface area contributed by atoms with Gasteiger partial charge < -0.3 is 9.84 Å². The molecular formula is C26H44O3. The first-order chi connectivity index (χ1) is 14.0. The highest BCUT2D eigenvalue weighted by Gasteiger charge is 2.18. The van der Waals surface area contributed by atoms with Gasteiger partial charge in [-0.15, -0.1) is 0 Å². The molecule has 3 heteroatoms. The molecule has 0 amide bonds. The smallest absolute Gasteiger partial charge is 0.313 e. The normalized spacial score (nSPS) is 12.1. The van der Waals surface area contributed by atoms with Crippen LogP contribution < -0.4 is 0 Å². The van der Waals surface area contributed by atoms with Crippen LogP contribution in [0.4, 0.5) is 0 Å². The molecule has 1 unspecified atom stereocenters. The van der Waals surface area contributed by atoms with Crippen LogP contribution >= 0.6 is 0 Å². The molecule has 0 saturated carbocycles. The van der Waals surface area contributed by atoms with Gasteiger partial charge in [0.15, 0.2) is 0 Å². The Kier molecular flexibility index (Phi) is 13.5. The summed E-state index contributed by atoms with van der Waals surface area (Å²) in [6, 6.07) is 3.75. The first-order valence-corrected chi connectivity index (χ1v) is 11.9. The lowest BCUT2D eigenvalue weighted by Gasteiger charge is -2.14. The minimum Gasteiger partial charge on any atom is -0.507 e. The van der Waals surface area contributed by atoms with E-state index >= 15 is 0 Å². The molecular weight excluding hydrogens is 360 g/mol. The van der Waals surface area contributed by atoms with Crippen molar-refractivity contribution in [3.8, 4) is 5.75 Å². The Balaban J connectivity index is 2.03. The van der Waals surface area contributed by atoms with Gasteiger partial charge in [-0.3, -0.25) is 4.79 Å². The lowest BCUT2D eigenvalue weighted by molar-refractivity contribution is -0.145. The van der Waals surface area contributed by atoms with Crippen LogP contribution in [-0.2, 0) is 9.53 Å². The van der Waals surface area contributed by atoms with Gasteiger partial charge >= 0.3 is 5.97 Å². The van der Waals surface area contributed by atoms with Crippen molar-refractivity contribution < 1.29 is 14.6 Å². The third kappa shape index (κ3) is 10.7. The highest BCUT2D eigenvalue weighted by molar-refractivity contribution is 5.78. The standard InChI is InChI=1S/C26H44O3/c1-5-6-7-8-9-10-11-12-13-14-15-16-17-18-29-26(28)23(4)24-19-21(2)25(27)22(3)20-24/h19-20,23,27H,5-18H2,1-4H3. The lowest BCUT2D eigenvalue weighted by Crippen LogP contribution is -2.14. The maximum atomic E-state index is 12.3. The van der Waals surface area contributed by atoms with Gasteiger partial charge in [0.2, 0.25) is 0 Å². The summed E-state index contributed by atoms with van der Waals surface area (Å²) < 4.78 is 5.47. The van der Waals surface area contributed by atoms with Crippen molar-refractivity contribution in [2.75, 3.05) is 6.61 Å². The molecule has 0 spiro atoms. The number of phenols is 1. The van der Waals surface area contributed by atoms with Gasteiger partial charge in [-0.2, -0.15) is 0 Å². The summed E-state index contributed by atoms with van der Waals surface area (Å²) in [7, 11) is 0. The second kappa shape index (κ2) is 15.3. The van der Waals surface area contributed by atoms with Crippen LogP contribution in [0.25, 0.3) is 0 Å². The number of aromatic hydroxyl groups is 1. The average Bonchev–Trinajstić information content (AvgIpc) is 2.71. The highest BCUT2D eigenvalue weighted by Crippen LogP contribution is 2.27. The summed E-state index contributed by atoms with van der Waals surface area (Å²) in [5.41, 5.74) is 2.51. The largest absolute Gasteiger partial charge is 0.507 e. The minimum absolute atomic E-state index is 0.173. The zero-order valence-corrected chi connectivity index (χ0v) is 19.4. The van der Waals surface area contributed by atoms with Gasteiger partial charge in [0.1, 0.15) is 5.75 Å². The zero-order valence-electron chi connectivity index (χ0n) is 19.4. The summed E-state index contributed by atoms with van der Waals surface area (Å²) >= 11 is 0. The average molecular weight is 405 g/mol. The first-order valence-electron chi connectivity index (χ1n) is 11.9. The molecule has 0 fully saturated rings. The Bertz CT molecular complexity index is 556. The van der Waals surface area contributed by atoms with Crippen molar-refractivity contribution in [1.82, 2.24) is 0 Å². The predicted molar refractivity (Wildman–Crippen MR) is 123 cm³/mol. The maximum absolute atomic E-state index is 12.3. The Morgan fingerprint density at radius 3 is 1.69 bits per heavy atom. The van der Waals surface area contributed by atoms with E-state index in [-0.39, 0.29) is 11.9 Å². The molecule has 1 rings (SSSR count). The fraction of sp³-hybridized carbons (Fsp3) is 0.731. The molecule has 0 aliphatic rings. The van der Waals surface area contributed by atoms with E-state index in [0.717, 1.165) is 29.5 Å². The number of phenolic OH excluding ortho intramolecular Hbond substituents is 1. The van der Waals surface area contributed by atoms with E-state index in [1.54, 1.807) is 0 Å². The van der Waals surface area contributed by atoms with Crippen molar-refractivity contribution >= 4 is 5.97 Å². The first kappa shape index (κ1) is 25.5. The molecule has 0 saturated heterocycles. The minimum atomic E-state index is -0.296. The number of carbonyl (C=O) groups is 1. The van der Waals surface area contributed by atoms with E-state index in [1.165, 1.54) is 70.6 Å². The molecule has 0 heterocycles. The number of rotatable bonds is 16. The van der Waals surface area contributed by atoms with Gasteiger partial charge in [-0.1, -0.05) is 96.1 Å². The molecule has 1 N–H and O–H groups in total. The second-order valence-electron chi connectivity index (χ2n) is 8.64. The van der Waals surface area contributed by atoms with Gasteiger partial charge in [-0.05, 0) is 43.9 Å². The topological polar surface area (TPSA) is 46.5 Å². The van der Waals surface area contributed by atoms with E-state index in [9.17, 15) is 9.90 Å². The third-order valence-corrected chi connectivity index (χ3v) is 5.86. The van der Waals surface area contributed by atoms with Crippen LogP contribution in [0.2, 0.25) is 0 Å². The number of hydrogen-bond donors (Lipinski definition) is 1. The van der Waals surface area contributed by atoms with Crippen LogP contribution in [0.5, 0.6) is 5.75 Å². The summed E-state index contributed by atoms with van der Waals surface area (Å²) in [6.07, 6.45) is 17.1. The third-order valence-electron chi connectivity index (χ3n) is 5.86. The van der Waals surface area contributed by atoms with E-state index in [1.807, 2.05) is 32.9 Å². The molecule has 1 aromatic carbocycles. The molecule has 166 valence electrons. The molecule has 1 aromatic rings. The molecule has 0 bridgehead atoms. The van der Waals surface area contributed by atoms with Crippen molar-refractivity contribution in [1.29, 1.82) is 0 Å². The van der Waals surface area contributed by atoms with Crippen LogP contribution in [0.15, 0.2) is 12.1 Å². The number of aryl methyl sites for hydroxylation is 2.